The Kier molecular flexibility index (Phi) is 6.00. The van der Waals surface area contributed by atoms with Gasteiger partial charge in [0.05, 0.1) is 18.8 Å². The Morgan fingerprint density at radius 2 is 1.75 bits per heavy atom. The Labute approximate surface area is 189 Å². The van der Waals surface area contributed by atoms with Crippen LogP contribution < -0.4 is 9.47 Å². The molecule has 0 bridgehead atoms. The van der Waals surface area contributed by atoms with E-state index < -0.39 is 0 Å². The third-order valence-electron chi connectivity index (χ3n) is 6.43. The van der Waals surface area contributed by atoms with Crippen molar-refractivity contribution in [1.82, 2.24) is 9.80 Å². The summed E-state index contributed by atoms with van der Waals surface area (Å²) in [6.07, 6.45) is 2.91. The van der Waals surface area contributed by atoms with E-state index in [1.165, 1.54) is 5.56 Å². The van der Waals surface area contributed by atoms with E-state index >= 15 is 0 Å². The normalized spacial score (nSPS) is 20.1. The van der Waals surface area contributed by atoms with Gasteiger partial charge in [0.1, 0.15) is 18.2 Å². The average molecular weight is 435 g/mol. The van der Waals surface area contributed by atoms with Gasteiger partial charge in [-0.05, 0) is 44.5 Å². The molecule has 3 heterocycles. The van der Waals surface area contributed by atoms with E-state index in [-0.39, 0.29) is 5.78 Å². The van der Waals surface area contributed by atoms with Crippen molar-refractivity contribution in [3.63, 3.8) is 0 Å². The third-order valence-corrected chi connectivity index (χ3v) is 6.43. The summed E-state index contributed by atoms with van der Waals surface area (Å²) in [5.41, 5.74) is 4.75. The fourth-order valence-electron chi connectivity index (χ4n) is 4.60. The van der Waals surface area contributed by atoms with Gasteiger partial charge in [0.25, 0.3) is 0 Å². The number of carbonyl (C=O) groups excluding carboxylic acids is 1. The van der Waals surface area contributed by atoms with Crippen LogP contribution in [-0.4, -0.2) is 61.7 Å². The van der Waals surface area contributed by atoms with Gasteiger partial charge in [-0.3, -0.25) is 14.6 Å². The highest BCUT2D eigenvalue weighted by atomic mass is 16.5. The molecule has 1 saturated heterocycles. The van der Waals surface area contributed by atoms with Crippen LogP contribution >= 0.6 is 0 Å². The van der Waals surface area contributed by atoms with Crippen LogP contribution in [0.15, 0.2) is 36.1 Å². The van der Waals surface area contributed by atoms with Crippen LogP contribution in [0.1, 0.15) is 39.0 Å². The number of morpholine rings is 1. The molecule has 0 N–H and O–H groups in total. The lowest BCUT2D eigenvalue weighted by atomic mass is 10.00. The Morgan fingerprint density at radius 3 is 2.53 bits per heavy atom. The first-order valence-corrected chi connectivity index (χ1v) is 11.4. The van der Waals surface area contributed by atoms with Crippen LogP contribution in [0.5, 0.6) is 11.5 Å². The molecule has 32 heavy (non-hydrogen) atoms. The molecule has 0 atom stereocenters. The summed E-state index contributed by atoms with van der Waals surface area (Å²) >= 11 is 0. The number of ether oxygens (including phenoxy) is 3. The smallest absolute Gasteiger partial charge is 0.231 e. The highest BCUT2D eigenvalue weighted by Crippen LogP contribution is 2.43. The minimum Gasteiger partial charge on any atom is -0.477 e. The summed E-state index contributed by atoms with van der Waals surface area (Å²) in [4.78, 5) is 17.8. The zero-order valence-corrected chi connectivity index (χ0v) is 18.9. The van der Waals surface area contributed by atoms with E-state index in [9.17, 15) is 4.79 Å². The van der Waals surface area contributed by atoms with Crippen LogP contribution in [0.25, 0.3) is 6.08 Å². The van der Waals surface area contributed by atoms with Crippen LogP contribution in [0.4, 0.5) is 0 Å². The number of hydrogen-bond acceptors (Lipinski definition) is 6. The number of benzene rings is 2. The Balaban J connectivity index is 1.28. The highest BCUT2D eigenvalue weighted by molar-refractivity contribution is 6.15. The van der Waals surface area contributed by atoms with E-state index in [1.54, 1.807) is 0 Å². The Morgan fingerprint density at radius 1 is 1.00 bits per heavy atom. The van der Waals surface area contributed by atoms with Crippen molar-refractivity contribution in [2.24, 2.45) is 0 Å². The number of fused-ring (bicyclic) bond motifs is 2. The molecule has 0 radical (unpaired) electrons. The van der Waals surface area contributed by atoms with Crippen molar-refractivity contribution in [2.75, 3.05) is 46.1 Å². The van der Waals surface area contributed by atoms with Gasteiger partial charge in [-0.15, -0.1) is 0 Å². The van der Waals surface area contributed by atoms with Crippen molar-refractivity contribution in [1.29, 1.82) is 0 Å². The Hall–Kier alpha value is -2.67. The first-order chi connectivity index (χ1) is 15.6. The summed E-state index contributed by atoms with van der Waals surface area (Å²) in [7, 11) is 0. The number of aryl methyl sites for hydroxylation is 1. The van der Waals surface area contributed by atoms with E-state index in [2.05, 4.69) is 9.80 Å². The lowest BCUT2D eigenvalue weighted by Gasteiger charge is -2.31. The molecule has 0 amide bonds. The molecule has 6 nitrogen and oxygen atoms in total. The summed E-state index contributed by atoms with van der Waals surface area (Å²) < 4.78 is 17.6. The van der Waals surface area contributed by atoms with Gasteiger partial charge in [0.2, 0.25) is 5.78 Å². The lowest BCUT2D eigenvalue weighted by Crippen LogP contribution is -2.39. The second-order valence-corrected chi connectivity index (χ2v) is 8.85. The molecule has 0 aliphatic carbocycles. The third kappa shape index (κ3) is 4.31. The van der Waals surface area contributed by atoms with Gasteiger partial charge >= 0.3 is 0 Å². The van der Waals surface area contributed by atoms with Crippen molar-refractivity contribution in [3.05, 3.63) is 63.9 Å². The molecule has 6 heteroatoms. The molecule has 2 aromatic carbocycles. The average Bonchev–Trinajstić information content (AvgIpc) is 3.12. The van der Waals surface area contributed by atoms with Crippen molar-refractivity contribution >= 4 is 11.9 Å². The summed E-state index contributed by atoms with van der Waals surface area (Å²) in [5, 5.41) is 0. The first kappa shape index (κ1) is 21.2. The fraction of sp³-hybridized carbons (Fsp3) is 0.423. The molecule has 5 rings (SSSR count). The second-order valence-electron chi connectivity index (χ2n) is 8.85. The van der Waals surface area contributed by atoms with Gasteiger partial charge in [0, 0.05) is 37.3 Å². The number of nitrogens with zero attached hydrogens (tertiary/aromatic N) is 2. The Bertz CT molecular complexity index is 1040. The fourth-order valence-corrected chi connectivity index (χ4v) is 4.60. The molecule has 0 spiro atoms. The molecule has 0 unspecified atom stereocenters. The highest BCUT2D eigenvalue weighted by Gasteiger charge is 2.33. The quantitative estimate of drug-likeness (QED) is 0.668. The van der Waals surface area contributed by atoms with E-state index in [4.69, 9.17) is 14.2 Å². The van der Waals surface area contributed by atoms with Crippen LogP contribution in [0.3, 0.4) is 0 Å². The van der Waals surface area contributed by atoms with Crippen molar-refractivity contribution in [3.8, 4) is 11.5 Å². The first-order valence-electron chi connectivity index (χ1n) is 11.4. The molecule has 3 aliphatic rings. The minimum atomic E-state index is -0.0593. The van der Waals surface area contributed by atoms with Crippen LogP contribution in [0, 0.1) is 13.8 Å². The van der Waals surface area contributed by atoms with Gasteiger partial charge < -0.3 is 14.2 Å². The number of hydrogen-bond donors (Lipinski definition) is 0. The monoisotopic (exact) mass is 434 g/mol. The maximum absolute atomic E-state index is 13.1. The number of Topliss-reactive ketones (excluding diaryl/α,β-unsaturated/α-hetero) is 1. The van der Waals surface area contributed by atoms with Gasteiger partial charge in [-0.2, -0.15) is 0 Å². The molecular weight excluding hydrogens is 404 g/mol. The molecular formula is C26H30N2O4. The molecule has 168 valence electrons. The van der Waals surface area contributed by atoms with E-state index in [1.807, 2.05) is 50.3 Å². The number of rotatable bonds is 5. The van der Waals surface area contributed by atoms with Gasteiger partial charge in [-0.25, -0.2) is 0 Å². The largest absolute Gasteiger partial charge is 0.477 e. The molecule has 1 fully saturated rings. The number of carbonyl (C=O) groups is 1. The van der Waals surface area contributed by atoms with Gasteiger partial charge in [0.15, 0.2) is 5.76 Å². The summed E-state index contributed by atoms with van der Waals surface area (Å²) in [6, 6.07) is 10.0. The molecule has 0 aromatic heterocycles. The van der Waals surface area contributed by atoms with E-state index in [0.717, 1.165) is 74.8 Å². The molecule has 0 saturated carbocycles. The van der Waals surface area contributed by atoms with Gasteiger partial charge in [-0.1, -0.05) is 29.8 Å². The lowest BCUT2D eigenvalue weighted by molar-refractivity contribution is 0.0329. The van der Waals surface area contributed by atoms with Crippen LogP contribution in [-0.2, 0) is 11.3 Å². The summed E-state index contributed by atoms with van der Waals surface area (Å²) in [5.74, 6) is 1.80. The van der Waals surface area contributed by atoms with Crippen molar-refractivity contribution in [2.45, 2.75) is 26.8 Å². The number of allylic oxidation sites excluding steroid dienone is 1. The maximum atomic E-state index is 13.1. The standard InChI is InChI=1S/C26H30N2O4/c1-18-4-6-20(7-5-18)14-23-24(29)22-15-21-16-28(9-3-8-27-10-12-30-13-11-27)17-31-25(21)19(2)26(22)32-23/h4-7,14-15H,3,8-13,16-17H2,1-2H3/b23-14-. The summed E-state index contributed by atoms with van der Waals surface area (Å²) in [6.45, 7) is 11.1. The number of ketones is 1. The minimum absolute atomic E-state index is 0.0593. The zero-order chi connectivity index (χ0) is 22.1. The zero-order valence-electron chi connectivity index (χ0n) is 18.9. The maximum Gasteiger partial charge on any atom is 0.231 e. The van der Waals surface area contributed by atoms with Crippen molar-refractivity contribution < 1.29 is 19.0 Å². The molecule has 3 aliphatic heterocycles. The topological polar surface area (TPSA) is 51.2 Å². The predicted octanol–water partition coefficient (Wildman–Crippen LogP) is 3.79. The van der Waals surface area contributed by atoms with E-state index in [0.29, 0.717) is 23.8 Å². The molecule has 2 aromatic rings. The van der Waals surface area contributed by atoms with Crippen LogP contribution in [0.2, 0.25) is 0 Å². The SMILES string of the molecule is Cc1ccc(/C=C2\Oc3c(cc4c(c3C)OCN(CCCN3CCOCC3)C4)C2=O)cc1. The predicted molar refractivity (Wildman–Crippen MR) is 123 cm³/mol. The second kappa shape index (κ2) is 9.06.